The molecule has 0 unspecified atom stereocenters. The molecule has 2 rings (SSSR count). The van der Waals surface area contributed by atoms with Crippen molar-refractivity contribution in [2.45, 2.75) is 17.6 Å². The lowest BCUT2D eigenvalue weighted by Gasteiger charge is -2.03. The molecule has 0 spiro atoms. The molecular weight excluding hydrogens is 246 g/mol. The van der Waals surface area contributed by atoms with E-state index in [0.29, 0.717) is 0 Å². The second kappa shape index (κ2) is 5.69. The summed E-state index contributed by atoms with van der Waals surface area (Å²) < 4.78 is 0. The molecule has 0 radical (unpaired) electrons. The molecule has 1 aromatic heterocycles. The number of benzene rings is 1. The van der Waals surface area contributed by atoms with E-state index in [0.717, 1.165) is 11.3 Å². The van der Waals surface area contributed by atoms with Gasteiger partial charge in [0, 0.05) is 16.8 Å². The average molecular weight is 259 g/mol. The Balaban J connectivity index is 2.06. The lowest BCUT2D eigenvalue weighted by Crippen LogP contribution is -2.00. The molecule has 0 bridgehead atoms. The lowest BCUT2D eigenvalue weighted by atomic mass is 10.2. The van der Waals surface area contributed by atoms with Crippen molar-refractivity contribution in [1.82, 2.24) is 4.98 Å². The van der Waals surface area contributed by atoms with Crippen LogP contribution in [0.4, 0.5) is 0 Å². The fourth-order valence-electron chi connectivity index (χ4n) is 1.55. The first kappa shape index (κ1) is 12.6. The number of hydrogen-bond acceptors (Lipinski definition) is 3. The minimum Gasteiger partial charge on any atom is -0.477 e. The van der Waals surface area contributed by atoms with Gasteiger partial charge in [-0.05, 0) is 36.8 Å². The Kier molecular flexibility index (Phi) is 3.99. The number of aromatic carboxylic acids is 1. The highest BCUT2D eigenvalue weighted by Gasteiger charge is 2.05. The average Bonchev–Trinajstić information content (AvgIpc) is 2.37. The van der Waals surface area contributed by atoms with Gasteiger partial charge in [0.1, 0.15) is 5.69 Å². The van der Waals surface area contributed by atoms with Gasteiger partial charge in [-0.1, -0.05) is 17.7 Å². The minimum absolute atomic E-state index is 0.0948. The summed E-state index contributed by atoms with van der Waals surface area (Å²) in [7, 11) is 0. The number of carboxylic acid groups (broad SMARTS) is 1. The van der Waals surface area contributed by atoms with Gasteiger partial charge in [-0.3, -0.25) is 0 Å². The van der Waals surface area contributed by atoms with E-state index < -0.39 is 5.97 Å². The normalized spacial score (nSPS) is 10.3. The summed E-state index contributed by atoms with van der Waals surface area (Å²) in [4.78, 5) is 15.8. The van der Waals surface area contributed by atoms with Crippen LogP contribution in [0.1, 0.15) is 21.6 Å². The monoisotopic (exact) mass is 259 g/mol. The van der Waals surface area contributed by atoms with Gasteiger partial charge in [0.25, 0.3) is 0 Å². The summed E-state index contributed by atoms with van der Waals surface area (Å²) in [6.45, 7) is 2.05. The highest BCUT2D eigenvalue weighted by atomic mass is 32.2. The molecular formula is C14H13NO2S. The Hall–Kier alpha value is -1.81. The first-order valence-corrected chi connectivity index (χ1v) is 6.51. The molecule has 2 aromatic rings. The van der Waals surface area contributed by atoms with Crippen LogP contribution in [0.5, 0.6) is 0 Å². The van der Waals surface area contributed by atoms with E-state index in [9.17, 15) is 4.79 Å². The van der Waals surface area contributed by atoms with E-state index in [2.05, 4.69) is 30.1 Å². The van der Waals surface area contributed by atoms with Gasteiger partial charge in [0.2, 0.25) is 0 Å². The molecule has 0 amide bonds. The topological polar surface area (TPSA) is 50.2 Å². The molecule has 0 aliphatic rings. The second-order valence-electron chi connectivity index (χ2n) is 3.96. The molecule has 4 heteroatoms. The quantitative estimate of drug-likeness (QED) is 0.855. The van der Waals surface area contributed by atoms with Crippen LogP contribution in [-0.4, -0.2) is 16.1 Å². The number of aromatic nitrogens is 1. The van der Waals surface area contributed by atoms with Crippen LogP contribution in [0.2, 0.25) is 0 Å². The van der Waals surface area contributed by atoms with E-state index in [4.69, 9.17) is 5.11 Å². The van der Waals surface area contributed by atoms with E-state index >= 15 is 0 Å². The molecule has 0 saturated carbocycles. The smallest absolute Gasteiger partial charge is 0.354 e. The number of carboxylic acids is 1. The number of aryl methyl sites for hydroxylation is 1. The van der Waals surface area contributed by atoms with E-state index in [1.807, 2.05) is 12.1 Å². The second-order valence-corrected chi connectivity index (χ2v) is 5.01. The first-order chi connectivity index (χ1) is 8.65. The van der Waals surface area contributed by atoms with Crippen LogP contribution >= 0.6 is 11.8 Å². The van der Waals surface area contributed by atoms with E-state index in [1.165, 1.54) is 16.7 Å². The third kappa shape index (κ3) is 3.34. The largest absolute Gasteiger partial charge is 0.477 e. The standard InChI is InChI=1S/C14H13NO2S/c1-10-3-2-4-12(7-10)18-9-11-5-6-15-13(8-11)14(16)17/h2-8H,9H2,1H3,(H,16,17). The van der Waals surface area contributed by atoms with Crippen molar-refractivity contribution in [3.8, 4) is 0 Å². The van der Waals surface area contributed by atoms with Gasteiger partial charge in [-0.15, -0.1) is 11.8 Å². The molecule has 18 heavy (non-hydrogen) atoms. The third-order valence-corrected chi connectivity index (χ3v) is 3.50. The molecule has 0 atom stereocenters. The maximum atomic E-state index is 10.8. The molecule has 0 aliphatic carbocycles. The summed E-state index contributed by atoms with van der Waals surface area (Å²) in [6, 6.07) is 11.7. The van der Waals surface area contributed by atoms with Gasteiger partial charge in [-0.2, -0.15) is 0 Å². The minimum atomic E-state index is -0.989. The zero-order valence-electron chi connectivity index (χ0n) is 9.96. The molecule has 92 valence electrons. The van der Waals surface area contributed by atoms with Crippen LogP contribution < -0.4 is 0 Å². The maximum absolute atomic E-state index is 10.8. The Morgan fingerprint density at radius 1 is 1.33 bits per heavy atom. The van der Waals surface area contributed by atoms with Crippen molar-refractivity contribution in [2.75, 3.05) is 0 Å². The number of nitrogens with zero attached hydrogens (tertiary/aromatic N) is 1. The summed E-state index contributed by atoms with van der Waals surface area (Å²) in [5.41, 5.74) is 2.28. The van der Waals surface area contributed by atoms with Crippen LogP contribution in [0.25, 0.3) is 0 Å². The summed E-state index contributed by atoms with van der Waals surface area (Å²) in [5.74, 6) is -0.246. The number of rotatable bonds is 4. The first-order valence-electron chi connectivity index (χ1n) is 5.53. The molecule has 1 aromatic carbocycles. The maximum Gasteiger partial charge on any atom is 0.354 e. The van der Waals surface area contributed by atoms with Gasteiger partial charge < -0.3 is 5.11 Å². The SMILES string of the molecule is Cc1cccc(SCc2ccnc(C(=O)O)c2)c1. The van der Waals surface area contributed by atoms with Crippen LogP contribution in [0.15, 0.2) is 47.5 Å². The molecule has 1 N–H and O–H groups in total. The fraction of sp³-hybridized carbons (Fsp3) is 0.143. The number of thioether (sulfide) groups is 1. The van der Waals surface area contributed by atoms with Crippen molar-refractivity contribution in [2.24, 2.45) is 0 Å². The predicted octanol–water partition coefficient (Wildman–Crippen LogP) is 3.38. The zero-order chi connectivity index (χ0) is 13.0. The van der Waals surface area contributed by atoms with Crippen LogP contribution in [-0.2, 0) is 5.75 Å². The number of pyridine rings is 1. The van der Waals surface area contributed by atoms with E-state index in [-0.39, 0.29) is 5.69 Å². The van der Waals surface area contributed by atoms with Gasteiger partial charge >= 0.3 is 5.97 Å². The van der Waals surface area contributed by atoms with Crippen molar-refractivity contribution in [3.05, 3.63) is 59.4 Å². The number of hydrogen-bond donors (Lipinski definition) is 1. The van der Waals surface area contributed by atoms with Gasteiger partial charge in [0.15, 0.2) is 0 Å². The van der Waals surface area contributed by atoms with E-state index in [1.54, 1.807) is 17.8 Å². The Morgan fingerprint density at radius 3 is 2.89 bits per heavy atom. The van der Waals surface area contributed by atoms with Gasteiger partial charge in [-0.25, -0.2) is 9.78 Å². The Bertz CT molecular complexity index is 569. The van der Waals surface area contributed by atoms with Gasteiger partial charge in [0.05, 0.1) is 0 Å². The molecule has 0 fully saturated rings. The third-order valence-electron chi connectivity index (χ3n) is 2.44. The summed E-state index contributed by atoms with van der Waals surface area (Å²) in [5, 5.41) is 8.86. The molecule has 0 saturated heterocycles. The van der Waals surface area contributed by atoms with Crippen molar-refractivity contribution < 1.29 is 9.90 Å². The fourth-order valence-corrected chi connectivity index (χ4v) is 2.51. The van der Waals surface area contributed by atoms with Crippen LogP contribution in [0, 0.1) is 6.92 Å². The van der Waals surface area contributed by atoms with Crippen molar-refractivity contribution >= 4 is 17.7 Å². The highest BCUT2D eigenvalue weighted by molar-refractivity contribution is 7.98. The lowest BCUT2D eigenvalue weighted by molar-refractivity contribution is 0.0690. The Morgan fingerprint density at radius 2 is 2.17 bits per heavy atom. The molecule has 0 aliphatic heterocycles. The summed E-state index contributed by atoms with van der Waals surface area (Å²) >= 11 is 1.69. The predicted molar refractivity (Wildman–Crippen MR) is 71.9 cm³/mol. The zero-order valence-corrected chi connectivity index (χ0v) is 10.8. The van der Waals surface area contributed by atoms with Crippen molar-refractivity contribution in [1.29, 1.82) is 0 Å². The molecule has 1 heterocycles. The number of carbonyl (C=O) groups is 1. The van der Waals surface area contributed by atoms with Crippen LogP contribution in [0.3, 0.4) is 0 Å². The highest BCUT2D eigenvalue weighted by Crippen LogP contribution is 2.23. The summed E-state index contributed by atoms with van der Waals surface area (Å²) in [6.07, 6.45) is 1.54. The Labute approximate surface area is 110 Å². The van der Waals surface area contributed by atoms with Crippen molar-refractivity contribution in [3.63, 3.8) is 0 Å². The molecule has 3 nitrogen and oxygen atoms in total.